The van der Waals surface area contributed by atoms with Crippen LogP contribution in [0.1, 0.15) is 119 Å². The fourth-order valence-electron chi connectivity index (χ4n) is 9.77. The third kappa shape index (κ3) is 12.8. The monoisotopic (exact) mass is 997 g/mol. The molecule has 3 aliphatic heterocycles. The SMILES string of the molecule is Cc1ncsc1-c1ccc([C@H](C)NC(=O)[C@@H]2C[C@@H](O)CN2C(=O)[C@@H](NC(=O)CCCCCc2cc(F)cc(OC[C@H](CCC(N)=O)NC(=O)[C@@H]3Cc4cccc5c4N3C(=O)CCC5)c2F)C(C)(C)C)cc1. The van der Waals surface area contributed by atoms with Crippen molar-refractivity contribution in [3.63, 3.8) is 0 Å². The van der Waals surface area contributed by atoms with Gasteiger partial charge in [-0.2, -0.15) is 0 Å². The second-order valence-corrected chi connectivity index (χ2v) is 21.0. The van der Waals surface area contributed by atoms with Crippen LogP contribution in [0.25, 0.3) is 10.4 Å². The summed E-state index contributed by atoms with van der Waals surface area (Å²) >= 11 is 1.55. The molecule has 0 aliphatic carbocycles. The Morgan fingerprint density at radius 2 is 1.68 bits per heavy atom. The van der Waals surface area contributed by atoms with Crippen LogP contribution < -0.4 is 31.3 Å². The van der Waals surface area contributed by atoms with E-state index in [1.165, 1.54) is 4.90 Å². The highest BCUT2D eigenvalue weighted by Crippen LogP contribution is 2.39. The average molecular weight is 998 g/mol. The summed E-state index contributed by atoms with van der Waals surface area (Å²) in [6.45, 7) is 8.86. The Bertz CT molecular complexity index is 2620. The number of thiazole rings is 1. The number of primary amides is 1. The van der Waals surface area contributed by atoms with E-state index in [4.69, 9.17) is 10.5 Å². The molecule has 1 aromatic heterocycles. The maximum Gasteiger partial charge on any atom is 0.246 e. The Labute approximate surface area is 417 Å². The summed E-state index contributed by atoms with van der Waals surface area (Å²) < 4.78 is 36.6. The van der Waals surface area contributed by atoms with Gasteiger partial charge in [0.1, 0.15) is 30.5 Å². The Morgan fingerprint density at radius 1 is 0.944 bits per heavy atom. The van der Waals surface area contributed by atoms with E-state index < -0.39 is 76.9 Å². The van der Waals surface area contributed by atoms with Gasteiger partial charge in [0, 0.05) is 44.7 Å². The Balaban J connectivity index is 0.897. The van der Waals surface area contributed by atoms with E-state index in [2.05, 4.69) is 20.9 Å². The van der Waals surface area contributed by atoms with E-state index in [0.717, 1.165) is 57.1 Å². The number of carbonyl (C=O) groups is 6. The number of hydrogen-bond donors (Lipinski definition) is 5. The van der Waals surface area contributed by atoms with Crippen LogP contribution in [-0.2, 0) is 48.0 Å². The lowest BCUT2D eigenvalue weighted by atomic mass is 9.85. The molecule has 71 heavy (non-hydrogen) atoms. The number of anilines is 1. The summed E-state index contributed by atoms with van der Waals surface area (Å²) in [5.74, 6) is -4.40. The lowest BCUT2D eigenvalue weighted by molar-refractivity contribution is -0.144. The molecule has 3 aromatic carbocycles. The van der Waals surface area contributed by atoms with Crippen molar-refractivity contribution < 1.29 is 47.4 Å². The number of β-amino-alcohol motifs (C(OH)–C–C–N with tert-alkyl or cyclic N) is 1. The number of nitrogens with one attached hydrogen (secondary N) is 3. The number of ether oxygens (including phenoxy) is 1. The summed E-state index contributed by atoms with van der Waals surface area (Å²) in [4.78, 5) is 88.3. The number of likely N-dealkylation sites (tertiary alicyclic amines) is 1. The van der Waals surface area contributed by atoms with Crippen molar-refractivity contribution in [1.29, 1.82) is 0 Å². The number of hydrogen-bond acceptors (Lipinski definition) is 10. The molecule has 3 aliphatic rings. The molecule has 7 rings (SSSR count). The highest BCUT2D eigenvalue weighted by Gasteiger charge is 2.45. The standard InChI is InChI=1S/C53H65F2N7O8S/c1-30(32-17-19-34(20-18-32)48-31(2)57-29-71-48)58-50(67)40-26-39(63)27-61(40)52(69)49(53(3,4)5)60-44(65)15-8-6-7-11-35-23-37(54)25-42(46(35)55)70-28-38(21-22-43(56)64)59-51(68)41-24-36-14-9-12-33-13-10-16-45(66)62(41)47(33)36/h9,12,14,17-20,23,25,29-30,38-41,49,63H,6-8,10-11,13,15-16,21-22,24,26-28H2,1-5H3,(H2,56,64)(H,58,67)(H,59,68)(H,60,65)/t30-,38-,39+,40-,41-,49+/m0/s1. The summed E-state index contributed by atoms with van der Waals surface area (Å²) in [6, 6.07) is 11.6. The zero-order valence-electron chi connectivity index (χ0n) is 41.0. The second-order valence-electron chi connectivity index (χ2n) is 20.1. The molecule has 6 N–H and O–H groups in total. The molecule has 4 aromatic rings. The molecule has 6 atom stereocenters. The number of amides is 6. The molecule has 18 heteroatoms. The zero-order valence-corrected chi connectivity index (χ0v) is 41.8. The molecule has 0 bridgehead atoms. The number of nitrogens with zero attached hydrogens (tertiary/aromatic N) is 3. The van der Waals surface area contributed by atoms with E-state index in [0.29, 0.717) is 38.5 Å². The molecule has 15 nitrogen and oxygen atoms in total. The van der Waals surface area contributed by atoms with E-state index in [9.17, 15) is 38.3 Å². The summed E-state index contributed by atoms with van der Waals surface area (Å²) in [5, 5.41) is 19.4. The normalized spacial score (nSPS) is 18.8. The second kappa shape index (κ2) is 22.9. The van der Waals surface area contributed by atoms with Gasteiger partial charge in [-0.25, -0.2) is 13.8 Å². The number of para-hydroxylation sites is 1. The summed E-state index contributed by atoms with van der Waals surface area (Å²) in [6.07, 6.45) is 2.48. The number of aliphatic hydroxyl groups excluding tert-OH is 1. The molecule has 0 radical (unpaired) electrons. The number of aromatic nitrogens is 1. The first kappa shape index (κ1) is 52.6. The topological polar surface area (TPSA) is 213 Å². The van der Waals surface area contributed by atoms with Gasteiger partial charge >= 0.3 is 0 Å². The van der Waals surface area contributed by atoms with Crippen LogP contribution in [0.3, 0.4) is 0 Å². The third-order valence-electron chi connectivity index (χ3n) is 13.6. The number of carbonyl (C=O) groups excluding carboxylic acids is 6. The minimum Gasteiger partial charge on any atom is -0.488 e. The molecule has 1 saturated heterocycles. The minimum absolute atomic E-state index is 0.0453. The maximum absolute atomic E-state index is 15.9. The van der Waals surface area contributed by atoms with Crippen molar-refractivity contribution >= 4 is 52.5 Å². The van der Waals surface area contributed by atoms with E-state index >= 15 is 4.39 Å². The molecule has 380 valence electrons. The van der Waals surface area contributed by atoms with E-state index in [1.54, 1.807) is 21.7 Å². The van der Waals surface area contributed by atoms with Crippen LogP contribution in [0.2, 0.25) is 0 Å². The first-order valence-electron chi connectivity index (χ1n) is 24.5. The maximum atomic E-state index is 15.9. The van der Waals surface area contributed by atoms with Crippen LogP contribution >= 0.6 is 11.3 Å². The zero-order chi connectivity index (χ0) is 51.1. The van der Waals surface area contributed by atoms with Gasteiger partial charge in [0.25, 0.3) is 0 Å². The first-order chi connectivity index (χ1) is 33.8. The smallest absolute Gasteiger partial charge is 0.246 e. The van der Waals surface area contributed by atoms with Gasteiger partial charge in [-0.1, -0.05) is 69.7 Å². The van der Waals surface area contributed by atoms with Crippen molar-refractivity contribution in [3.8, 4) is 16.2 Å². The van der Waals surface area contributed by atoms with Gasteiger partial charge in [0.2, 0.25) is 35.4 Å². The van der Waals surface area contributed by atoms with Crippen LogP contribution in [0, 0.1) is 24.0 Å². The molecular formula is C53H65F2N7O8S. The number of nitrogens with two attached hydrogens (primary N) is 1. The van der Waals surface area contributed by atoms with E-state index in [-0.39, 0.29) is 68.5 Å². The highest BCUT2D eigenvalue weighted by molar-refractivity contribution is 7.13. The minimum atomic E-state index is -1.01. The molecule has 0 saturated carbocycles. The Hall–Kier alpha value is -6.27. The number of halogens is 2. The quantitative estimate of drug-likeness (QED) is 0.0629. The van der Waals surface area contributed by atoms with Crippen molar-refractivity contribution in [2.24, 2.45) is 11.1 Å². The fraction of sp³-hybridized carbons (Fsp3) is 0.491. The molecule has 4 heterocycles. The highest BCUT2D eigenvalue weighted by atomic mass is 32.1. The third-order valence-corrected chi connectivity index (χ3v) is 14.6. The molecule has 0 spiro atoms. The lowest BCUT2D eigenvalue weighted by Gasteiger charge is -2.35. The van der Waals surface area contributed by atoms with Crippen LogP contribution in [-0.4, -0.2) is 93.9 Å². The largest absolute Gasteiger partial charge is 0.488 e. The predicted molar refractivity (Wildman–Crippen MR) is 265 cm³/mol. The van der Waals surface area contributed by atoms with Gasteiger partial charge < -0.3 is 36.4 Å². The van der Waals surface area contributed by atoms with Crippen LogP contribution in [0.4, 0.5) is 14.5 Å². The van der Waals surface area contributed by atoms with Gasteiger partial charge in [0.15, 0.2) is 11.6 Å². The number of aliphatic hydroxyl groups is 1. The Kier molecular flexibility index (Phi) is 16.9. The number of aryl methyl sites for hydroxylation is 3. The van der Waals surface area contributed by atoms with Gasteiger partial charge in [-0.05, 0) is 91.7 Å². The Morgan fingerprint density at radius 3 is 2.38 bits per heavy atom. The number of benzene rings is 3. The summed E-state index contributed by atoms with van der Waals surface area (Å²) in [7, 11) is 0. The van der Waals surface area contributed by atoms with Gasteiger partial charge in [-0.3, -0.25) is 33.7 Å². The van der Waals surface area contributed by atoms with E-state index in [1.807, 2.05) is 77.1 Å². The van der Waals surface area contributed by atoms with Gasteiger partial charge in [0.05, 0.1) is 40.0 Å². The molecule has 0 unspecified atom stereocenters. The number of rotatable bonds is 20. The van der Waals surface area contributed by atoms with Crippen LogP contribution in [0.5, 0.6) is 5.75 Å². The average Bonchev–Trinajstić information content (AvgIpc) is 4.03. The number of unbranched alkanes of at least 4 members (excludes halogenated alkanes) is 2. The van der Waals surface area contributed by atoms with Crippen LogP contribution in [0.15, 0.2) is 60.1 Å². The van der Waals surface area contributed by atoms with Crippen molar-refractivity contribution in [2.75, 3.05) is 18.1 Å². The lowest BCUT2D eigenvalue weighted by Crippen LogP contribution is -2.57. The van der Waals surface area contributed by atoms with Crippen molar-refractivity contribution in [1.82, 2.24) is 25.8 Å². The van der Waals surface area contributed by atoms with Crippen molar-refractivity contribution in [3.05, 3.63) is 99.7 Å². The molecular weight excluding hydrogens is 933 g/mol. The predicted octanol–water partition coefficient (Wildman–Crippen LogP) is 6.29. The first-order valence-corrected chi connectivity index (χ1v) is 25.4. The summed E-state index contributed by atoms with van der Waals surface area (Å²) in [5.41, 5.74) is 12.0. The van der Waals surface area contributed by atoms with Gasteiger partial charge in [-0.15, -0.1) is 11.3 Å². The molecule has 1 fully saturated rings. The molecule has 6 amide bonds. The van der Waals surface area contributed by atoms with Crippen molar-refractivity contribution in [2.45, 2.75) is 148 Å². The fourth-order valence-corrected chi connectivity index (χ4v) is 10.6.